The molecule has 0 aromatic heterocycles. The summed E-state index contributed by atoms with van der Waals surface area (Å²) in [6.07, 6.45) is 1.07. The lowest BCUT2D eigenvalue weighted by Crippen LogP contribution is -2.25. The van der Waals surface area contributed by atoms with Crippen LogP contribution in [0, 0.1) is 5.41 Å². The van der Waals surface area contributed by atoms with Crippen molar-refractivity contribution < 1.29 is 9.47 Å². The zero-order valence-electron chi connectivity index (χ0n) is 11.2. The molecule has 0 unspecified atom stereocenters. The molecule has 2 heteroatoms. The van der Waals surface area contributed by atoms with Crippen molar-refractivity contribution in [3.05, 3.63) is 35.9 Å². The highest BCUT2D eigenvalue weighted by atomic mass is 16.5. The monoisotopic (exact) mass is 236 g/mol. The predicted octanol–water partition coefficient (Wildman–Crippen LogP) is 3.66. The molecule has 17 heavy (non-hydrogen) atoms. The highest BCUT2D eigenvalue weighted by molar-refractivity contribution is 5.13. The average Bonchev–Trinajstić information content (AvgIpc) is 2.30. The number of rotatable bonds is 8. The summed E-state index contributed by atoms with van der Waals surface area (Å²) in [7, 11) is 0. The van der Waals surface area contributed by atoms with Gasteiger partial charge in [-0.25, -0.2) is 0 Å². The number of benzene rings is 1. The predicted molar refractivity (Wildman–Crippen MR) is 71.0 cm³/mol. The van der Waals surface area contributed by atoms with E-state index in [9.17, 15) is 0 Å². The van der Waals surface area contributed by atoms with Gasteiger partial charge in [-0.05, 0) is 12.0 Å². The van der Waals surface area contributed by atoms with Gasteiger partial charge >= 0.3 is 0 Å². The van der Waals surface area contributed by atoms with Crippen molar-refractivity contribution in [1.29, 1.82) is 0 Å². The molecule has 0 heterocycles. The summed E-state index contributed by atoms with van der Waals surface area (Å²) in [5.41, 5.74) is 1.31. The molecule has 0 bridgehead atoms. The third kappa shape index (κ3) is 6.44. The zero-order valence-corrected chi connectivity index (χ0v) is 11.2. The van der Waals surface area contributed by atoms with E-state index in [2.05, 4.69) is 32.9 Å². The van der Waals surface area contributed by atoms with Gasteiger partial charge in [-0.3, -0.25) is 0 Å². The topological polar surface area (TPSA) is 18.5 Å². The third-order valence-corrected chi connectivity index (χ3v) is 2.45. The molecule has 0 atom stereocenters. The van der Waals surface area contributed by atoms with Crippen LogP contribution in [0.15, 0.2) is 30.3 Å². The van der Waals surface area contributed by atoms with Crippen molar-refractivity contribution >= 4 is 0 Å². The largest absolute Gasteiger partial charge is 0.381 e. The molecule has 0 saturated heterocycles. The average molecular weight is 236 g/mol. The van der Waals surface area contributed by atoms with E-state index in [1.807, 2.05) is 18.2 Å². The lowest BCUT2D eigenvalue weighted by Gasteiger charge is -2.24. The van der Waals surface area contributed by atoms with Crippen LogP contribution in [0.3, 0.4) is 0 Å². The summed E-state index contributed by atoms with van der Waals surface area (Å²) in [6.45, 7) is 9.47. The number of hydrogen-bond donors (Lipinski definition) is 0. The molecule has 0 radical (unpaired) electrons. The second-order valence-electron chi connectivity index (χ2n) is 5.20. The van der Waals surface area contributed by atoms with Crippen molar-refractivity contribution in [1.82, 2.24) is 0 Å². The van der Waals surface area contributed by atoms with Crippen molar-refractivity contribution in [3.63, 3.8) is 0 Å². The van der Waals surface area contributed by atoms with Gasteiger partial charge in [0.15, 0.2) is 0 Å². The van der Waals surface area contributed by atoms with Crippen LogP contribution in [0.5, 0.6) is 0 Å². The summed E-state index contributed by atoms with van der Waals surface area (Å²) in [4.78, 5) is 0. The van der Waals surface area contributed by atoms with Crippen molar-refractivity contribution in [2.45, 2.75) is 33.8 Å². The van der Waals surface area contributed by atoms with E-state index in [1.165, 1.54) is 5.56 Å². The maximum atomic E-state index is 5.74. The van der Waals surface area contributed by atoms with Crippen LogP contribution in [0.25, 0.3) is 0 Å². The molecule has 0 saturated carbocycles. The van der Waals surface area contributed by atoms with Gasteiger partial charge in [0.25, 0.3) is 0 Å². The molecular weight excluding hydrogens is 212 g/mol. The van der Waals surface area contributed by atoms with Crippen LogP contribution in [0.1, 0.15) is 32.8 Å². The van der Waals surface area contributed by atoms with E-state index in [0.29, 0.717) is 6.61 Å². The maximum Gasteiger partial charge on any atom is 0.0717 e. The van der Waals surface area contributed by atoms with Crippen molar-refractivity contribution in [2.24, 2.45) is 5.41 Å². The smallest absolute Gasteiger partial charge is 0.0717 e. The Morgan fingerprint density at radius 1 is 1.00 bits per heavy atom. The fourth-order valence-corrected chi connectivity index (χ4v) is 1.55. The van der Waals surface area contributed by atoms with E-state index in [4.69, 9.17) is 9.47 Å². The second kappa shape index (κ2) is 7.46. The fourth-order valence-electron chi connectivity index (χ4n) is 1.55. The molecular formula is C15H24O2. The van der Waals surface area contributed by atoms with Gasteiger partial charge in [-0.2, -0.15) is 0 Å². The molecule has 96 valence electrons. The minimum absolute atomic E-state index is 0.0873. The summed E-state index contributed by atoms with van der Waals surface area (Å²) in [5.74, 6) is 0. The fraction of sp³-hybridized carbons (Fsp3) is 0.600. The quantitative estimate of drug-likeness (QED) is 0.641. The summed E-state index contributed by atoms with van der Waals surface area (Å²) < 4.78 is 11.3. The van der Waals surface area contributed by atoms with Gasteiger partial charge in [0, 0.05) is 12.0 Å². The lowest BCUT2D eigenvalue weighted by atomic mass is 9.96. The standard InChI is InChI=1S/C15H24O2/c1-4-10-16-12-15(2,3)13-17-11-14-8-6-5-7-9-14/h5-9H,4,10-13H2,1-3H3. The summed E-state index contributed by atoms with van der Waals surface area (Å²) >= 11 is 0. The molecule has 2 nitrogen and oxygen atoms in total. The Balaban J connectivity index is 2.20. The molecule has 0 fully saturated rings. The Hall–Kier alpha value is -0.860. The summed E-state index contributed by atoms with van der Waals surface area (Å²) in [6, 6.07) is 10.3. The SMILES string of the molecule is CCCOCC(C)(C)COCc1ccccc1. The Labute approximate surface area is 105 Å². The van der Waals surface area contributed by atoms with Crippen LogP contribution < -0.4 is 0 Å². The molecule has 1 aromatic rings. The minimum atomic E-state index is 0.0873. The normalized spacial score (nSPS) is 11.7. The summed E-state index contributed by atoms with van der Waals surface area (Å²) in [5, 5.41) is 0. The number of ether oxygens (including phenoxy) is 2. The zero-order chi connectivity index (χ0) is 12.6. The van der Waals surface area contributed by atoms with Crippen LogP contribution in [-0.4, -0.2) is 19.8 Å². The Kier molecular flexibility index (Phi) is 6.23. The molecule has 0 amide bonds. The molecule has 0 aliphatic rings. The lowest BCUT2D eigenvalue weighted by molar-refractivity contribution is -0.00881. The highest BCUT2D eigenvalue weighted by Crippen LogP contribution is 2.17. The Morgan fingerprint density at radius 2 is 1.65 bits per heavy atom. The third-order valence-electron chi connectivity index (χ3n) is 2.45. The molecule has 1 aromatic carbocycles. The van der Waals surface area contributed by atoms with Crippen LogP contribution in [-0.2, 0) is 16.1 Å². The number of hydrogen-bond acceptors (Lipinski definition) is 2. The molecule has 1 rings (SSSR count). The van der Waals surface area contributed by atoms with E-state index in [0.717, 1.165) is 26.2 Å². The first-order valence-electron chi connectivity index (χ1n) is 6.33. The Morgan fingerprint density at radius 3 is 2.29 bits per heavy atom. The first kappa shape index (κ1) is 14.2. The van der Waals surface area contributed by atoms with E-state index >= 15 is 0 Å². The molecule has 0 N–H and O–H groups in total. The van der Waals surface area contributed by atoms with Gasteiger partial charge in [-0.15, -0.1) is 0 Å². The Bertz CT molecular complexity index is 293. The van der Waals surface area contributed by atoms with Gasteiger partial charge in [0.1, 0.15) is 0 Å². The van der Waals surface area contributed by atoms with Crippen molar-refractivity contribution in [3.8, 4) is 0 Å². The first-order chi connectivity index (χ1) is 8.14. The first-order valence-corrected chi connectivity index (χ1v) is 6.33. The molecule has 0 spiro atoms. The van der Waals surface area contributed by atoms with Crippen LogP contribution in [0.2, 0.25) is 0 Å². The van der Waals surface area contributed by atoms with Gasteiger partial charge < -0.3 is 9.47 Å². The highest BCUT2D eigenvalue weighted by Gasteiger charge is 2.18. The van der Waals surface area contributed by atoms with E-state index in [-0.39, 0.29) is 5.41 Å². The molecule has 0 aliphatic heterocycles. The van der Waals surface area contributed by atoms with Gasteiger partial charge in [-0.1, -0.05) is 51.1 Å². The van der Waals surface area contributed by atoms with Crippen LogP contribution in [0.4, 0.5) is 0 Å². The molecule has 0 aliphatic carbocycles. The van der Waals surface area contributed by atoms with E-state index in [1.54, 1.807) is 0 Å². The van der Waals surface area contributed by atoms with Crippen LogP contribution >= 0.6 is 0 Å². The second-order valence-corrected chi connectivity index (χ2v) is 5.20. The van der Waals surface area contributed by atoms with Gasteiger partial charge in [0.2, 0.25) is 0 Å². The van der Waals surface area contributed by atoms with E-state index < -0.39 is 0 Å². The maximum absolute atomic E-state index is 5.74. The van der Waals surface area contributed by atoms with Crippen molar-refractivity contribution in [2.75, 3.05) is 19.8 Å². The minimum Gasteiger partial charge on any atom is -0.381 e. The van der Waals surface area contributed by atoms with Gasteiger partial charge in [0.05, 0.1) is 19.8 Å².